The van der Waals surface area contributed by atoms with Crippen LogP contribution in [0.15, 0.2) is 35.3 Å². The summed E-state index contributed by atoms with van der Waals surface area (Å²) in [5, 5.41) is 24.3. The highest BCUT2D eigenvalue weighted by molar-refractivity contribution is 5.72. The molecular weight excluding hydrogens is 451 g/mol. The maximum Gasteiger partial charge on any atom is 0.423 e. The van der Waals surface area contributed by atoms with Crippen LogP contribution in [0.3, 0.4) is 0 Å². The standard InChI is InChI=1S/C20H24F3N3O7/c1-31-9-13(10-33-11-16(27)19(29)30)25-15-7-24-26(18(28)17(15)20(21,22)23)8-12-3-5-14(32-2)6-4-12/h3-7,13,16,25,27H,8-11H2,1-2H3,(H,29,30)/t13-,16?/m0/s1. The van der Waals surface area contributed by atoms with Crippen LogP contribution in [0.1, 0.15) is 11.1 Å². The quantitative estimate of drug-likeness (QED) is 0.414. The van der Waals surface area contributed by atoms with Gasteiger partial charge in [0.2, 0.25) is 0 Å². The summed E-state index contributed by atoms with van der Waals surface area (Å²) in [6.45, 7) is -1.20. The van der Waals surface area contributed by atoms with Gasteiger partial charge < -0.3 is 29.7 Å². The number of aliphatic hydroxyl groups is 1. The predicted octanol–water partition coefficient (Wildman–Crippen LogP) is 1.21. The second-order valence-electron chi connectivity index (χ2n) is 6.93. The smallest absolute Gasteiger partial charge is 0.423 e. The Morgan fingerprint density at radius 1 is 1.18 bits per heavy atom. The summed E-state index contributed by atoms with van der Waals surface area (Å²) in [7, 11) is 2.77. The summed E-state index contributed by atoms with van der Waals surface area (Å²) in [6.07, 6.45) is -5.90. The van der Waals surface area contributed by atoms with E-state index in [0.29, 0.717) is 16.0 Å². The van der Waals surface area contributed by atoms with E-state index in [-0.39, 0.29) is 19.8 Å². The molecule has 33 heavy (non-hydrogen) atoms. The van der Waals surface area contributed by atoms with Gasteiger partial charge in [0.05, 0.1) is 51.4 Å². The summed E-state index contributed by atoms with van der Waals surface area (Å²) in [4.78, 5) is 23.3. The van der Waals surface area contributed by atoms with Crippen molar-refractivity contribution in [1.29, 1.82) is 0 Å². The molecule has 0 spiro atoms. The molecule has 1 unspecified atom stereocenters. The molecule has 13 heteroatoms. The number of aliphatic hydroxyl groups excluding tert-OH is 1. The molecule has 0 bridgehead atoms. The van der Waals surface area contributed by atoms with Crippen molar-refractivity contribution in [3.63, 3.8) is 0 Å². The number of nitrogens with one attached hydrogen (secondary N) is 1. The van der Waals surface area contributed by atoms with Gasteiger partial charge in [-0.2, -0.15) is 18.3 Å². The zero-order valence-electron chi connectivity index (χ0n) is 17.8. The van der Waals surface area contributed by atoms with E-state index in [9.17, 15) is 27.9 Å². The lowest BCUT2D eigenvalue weighted by Crippen LogP contribution is -2.37. The number of hydrogen-bond donors (Lipinski definition) is 3. The van der Waals surface area contributed by atoms with Crippen LogP contribution in [0.2, 0.25) is 0 Å². The molecule has 1 aromatic carbocycles. The van der Waals surface area contributed by atoms with Crippen molar-refractivity contribution in [3.8, 4) is 5.75 Å². The maximum atomic E-state index is 13.8. The van der Waals surface area contributed by atoms with Gasteiger partial charge in [0.15, 0.2) is 6.10 Å². The number of benzene rings is 1. The number of ether oxygens (including phenoxy) is 3. The number of carboxylic acids is 1. The Bertz CT molecular complexity index is 980. The van der Waals surface area contributed by atoms with Gasteiger partial charge in [-0.15, -0.1) is 0 Å². The van der Waals surface area contributed by atoms with Crippen LogP contribution in [-0.4, -0.2) is 72.1 Å². The molecule has 0 fully saturated rings. The van der Waals surface area contributed by atoms with Gasteiger partial charge in [-0.1, -0.05) is 12.1 Å². The molecule has 0 aliphatic heterocycles. The summed E-state index contributed by atoms with van der Waals surface area (Å²) < 4.78 is 57.0. The molecule has 0 saturated heterocycles. The fourth-order valence-corrected chi connectivity index (χ4v) is 2.83. The first-order chi connectivity index (χ1) is 15.6. The van der Waals surface area contributed by atoms with E-state index >= 15 is 0 Å². The fraction of sp³-hybridized carbons (Fsp3) is 0.450. The fourth-order valence-electron chi connectivity index (χ4n) is 2.83. The Balaban J connectivity index is 2.26. The monoisotopic (exact) mass is 475 g/mol. The van der Waals surface area contributed by atoms with E-state index in [1.54, 1.807) is 24.3 Å². The number of aliphatic carboxylic acids is 1. The zero-order valence-corrected chi connectivity index (χ0v) is 17.8. The normalized spacial score (nSPS) is 13.4. The van der Waals surface area contributed by atoms with Crippen molar-refractivity contribution in [2.75, 3.05) is 39.4 Å². The van der Waals surface area contributed by atoms with Crippen LogP contribution >= 0.6 is 0 Å². The number of halogens is 3. The van der Waals surface area contributed by atoms with Crippen molar-refractivity contribution in [2.24, 2.45) is 0 Å². The van der Waals surface area contributed by atoms with Gasteiger partial charge in [-0.05, 0) is 17.7 Å². The van der Waals surface area contributed by atoms with Crippen LogP contribution in [0.25, 0.3) is 0 Å². The minimum Gasteiger partial charge on any atom is -0.497 e. The first-order valence-corrected chi connectivity index (χ1v) is 9.61. The van der Waals surface area contributed by atoms with Crippen molar-refractivity contribution in [2.45, 2.75) is 24.9 Å². The summed E-state index contributed by atoms with van der Waals surface area (Å²) >= 11 is 0. The molecule has 2 aromatic rings. The molecule has 0 aliphatic carbocycles. The number of aromatic nitrogens is 2. The molecule has 2 rings (SSSR count). The molecule has 1 heterocycles. The van der Waals surface area contributed by atoms with E-state index in [2.05, 4.69) is 10.4 Å². The summed E-state index contributed by atoms with van der Waals surface area (Å²) in [5.41, 5.74) is -2.83. The van der Waals surface area contributed by atoms with Gasteiger partial charge in [-0.25, -0.2) is 9.48 Å². The first-order valence-electron chi connectivity index (χ1n) is 9.61. The average Bonchev–Trinajstić information content (AvgIpc) is 2.75. The predicted molar refractivity (Wildman–Crippen MR) is 109 cm³/mol. The number of alkyl halides is 3. The Morgan fingerprint density at radius 3 is 2.39 bits per heavy atom. The lowest BCUT2D eigenvalue weighted by molar-refractivity contribution is -0.150. The Labute approximate surface area is 186 Å². The van der Waals surface area contributed by atoms with Gasteiger partial charge in [0.25, 0.3) is 5.56 Å². The largest absolute Gasteiger partial charge is 0.497 e. The van der Waals surface area contributed by atoms with Gasteiger partial charge in [0, 0.05) is 7.11 Å². The first kappa shape index (κ1) is 26.1. The number of anilines is 1. The number of methoxy groups -OCH3 is 2. The zero-order chi connectivity index (χ0) is 24.6. The lowest BCUT2D eigenvalue weighted by Gasteiger charge is -2.22. The maximum absolute atomic E-state index is 13.8. The van der Waals surface area contributed by atoms with E-state index in [0.717, 1.165) is 6.20 Å². The summed E-state index contributed by atoms with van der Waals surface area (Å²) in [6, 6.07) is 5.53. The van der Waals surface area contributed by atoms with Crippen molar-refractivity contribution < 1.29 is 42.4 Å². The number of carboxylic acid groups (broad SMARTS) is 1. The van der Waals surface area contributed by atoms with Crippen LogP contribution in [0, 0.1) is 0 Å². The molecule has 2 atom stereocenters. The number of rotatable bonds is 12. The third-order valence-electron chi connectivity index (χ3n) is 4.43. The van der Waals surface area contributed by atoms with Crippen LogP contribution in [-0.2, 0) is 27.0 Å². The minimum absolute atomic E-state index is 0.130. The van der Waals surface area contributed by atoms with E-state index in [4.69, 9.17) is 19.3 Å². The highest BCUT2D eigenvalue weighted by Crippen LogP contribution is 2.32. The molecule has 10 nitrogen and oxygen atoms in total. The third kappa shape index (κ3) is 7.44. The Kier molecular flexibility index (Phi) is 9.20. The van der Waals surface area contributed by atoms with Crippen LogP contribution < -0.4 is 15.6 Å². The Morgan fingerprint density at radius 2 is 1.85 bits per heavy atom. The van der Waals surface area contributed by atoms with Crippen LogP contribution in [0.5, 0.6) is 5.75 Å². The van der Waals surface area contributed by atoms with Gasteiger partial charge in [-0.3, -0.25) is 4.79 Å². The highest BCUT2D eigenvalue weighted by Gasteiger charge is 2.38. The topological polar surface area (TPSA) is 132 Å². The lowest BCUT2D eigenvalue weighted by atomic mass is 10.2. The summed E-state index contributed by atoms with van der Waals surface area (Å²) in [5.74, 6) is -0.952. The molecule has 0 saturated carbocycles. The minimum atomic E-state index is -4.98. The number of carbonyl (C=O) groups is 1. The molecule has 1 aromatic heterocycles. The Hall–Kier alpha value is -3.16. The van der Waals surface area contributed by atoms with Gasteiger partial charge in [0.1, 0.15) is 11.3 Å². The molecule has 0 radical (unpaired) electrons. The van der Waals surface area contributed by atoms with Crippen molar-refractivity contribution in [1.82, 2.24) is 9.78 Å². The number of nitrogens with zero attached hydrogens (tertiary/aromatic N) is 2. The van der Waals surface area contributed by atoms with Crippen LogP contribution in [0.4, 0.5) is 18.9 Å². The highest BCUT2D eigenvalue weighted by atomic mass is 19.4. The third-order valence-corrected chi connectivity index (χ3v) is 4.43. The average molecular weight is 475 g/mol. The van der Waals surface area contributed by atoms with Crippen molar-refractivity contribution >= 4 is 11.7 Å². The SMILES string of the molecule is COC[C@@H](COCC(O)C(=O)O)Nc1cnn(Cc2ccc(OC)cc2)c(=O)c1C(F)(F)F. The molecule has 0 amide bonds. The second-order valence-corrected chi connectivity index (χ2v) is 6.93. The number of hydrogen-bond acceptors (Lipinski definition) is 8. The van der Waals surface area contributed by atoms with E-state index < -0.39 is 47.7 Å². The second kappa shape index (κ2) is 11.6. The van der Waals surface area contributed by atoms with Gasteiger partial charge >= 0.3 is 12.1 Å². The van der Waals surface area contributed by atoms with E-state index in [1.807, 2.05) is 0 Å². The van der Waals surface area contributed by atoms with E-state index in [1.165, 1.54) is 14.2 Å². The van der Waals surface area contributed by atoms with Crippen molar-refractivity contribution in [3.05, 3.63) is 51.9 Å². The molecule has 0 aliphatic rings. The molecular formula is C20H24F3N3O7. The molecule has 3 N–H and O–H groups in total. The molecule has 182 valence electrons.